The number of nitrogens with zero attached hydrogens (tertiary/aromatic N) is 3. The maximum absolute atomic E-state index is 13.1. The number of pyridine rings is 1. The maximum Gasteiger partial charge on any atom is 0.289 e. The van der Waals surface area contributed by atoms with Crippen LogP contribution in [0, 0.1) is 17.7 Å². The Morgan fingerprint density at radius 2 is 1.85 bits per heavy atom. The topological polar surface area (TPSA) is 125 Å². The summed E-state index contributed by atoms with van der Waals surface area (Å²) in [5.74, 6) is 0.762. The van der Waals surface area contributed by atoms with Crippen molar-refractivity contribution in [1.29, 1.82) is 5.41 Å². The third-order valence-corrected chi connectivity index (χ3v) is 6.66. The summed E-state index contributed by atoms with van der Waals surface area (Å²) in [6.45, 7) is 7.07. The maximum atomic E-state index is 13.1. The molecule has 2 heterocycles. The van der Waals surface area contributed by atoms with Gasteiger partial charge < -0.3 is 20.7 Å². The molecule has 39 heavy (non-hydrogen) atoms. The zero-order chi connectivity index (χ0) is 26.4. The summed E-state index contributed by atoms with van der Waals surface area (Å²) in [6.07, 6.45) is 5.71. The van der Waals surface area contributed by atoms with Crippen molar-refractivity contribution in [3.63, 3.8) is 0 Å². The van der Waals surface area contributed by atoms with Gasteiger partial charge in [-0.15, -0.1) is 24.8 Å². The lowest BCUT2D eigenvalue weighted by Crippen LogP contribution is -2.49. The van der Waals surface area contributed by atoms with E-state index in [4.69, 9.17) is 15.1 Å². The number of hydrogen-bond acceptors (Lipinski definition) is 7. The van der Waals surface area contributed by atoms with Crippen LogP contribution in [0.2, 0.25) is 0 Å². The van der Waals surface area contributed by atoms with Crippen molar-refractivity contribution in [2.24, 2.45) is 5.41 Å². The zero-order valence-corrected chi connectivity index (χ0v) is 24.5. The number of nitrogens with one attached hydrogen (secondary N) is 4. The molecule has 2 aromatic heterocycles. The lowest BCUT2D eigenvalue weighted by atomic mass is 9.90. The summed E-state index contributed by atoms with van der Waals surface area (Å²) < 4.78 is 5.27. The Balaban J connectivity index is 0.00000267. The van der Waals surface area contributed by atoms with Crippen molar-refractivity contribution < 1.29 is 9.53 Å². The average molecular weight is 577 g/mol. The van der Waals surface area contributed by atoms with Crippen LogP contribution in [0.5, 0.6) is 0 Å². The molecule has 1 fully saturated rings. The number of halogens is 2. The number of amidine groups is 1. The van der Waals surface area contributed by atoms with Gasteiger partial charge in [0.1, 0.15) is 17.3 Å². The van der Waals surface area contributed by atoms with E-state index in [0.717, 1.165) is 36.6 Å². The Morgan fingerprint density at radius 1 is 1.10 bits per heavy atom. The molecule has 1 aliphatic rings. The Bertz CT molecular complexity index is 1260. The molecule has 212 valence electrons. The van der Waals surface area contributed by atoms with Crippen molar-refractivity contribution >= 4 is 53.3 Å². The molecule has 0 bridgehead atoms. The lowest BCUT2D eigenvalue weighted by molar-refractivity contribution is 0.0839. The molecule has 1 amide bonds. The second-order valence-electron chi connectivity index (χ2n) is 10.6. The summed E-state index contributed by atoms with van der Waals surface area (Å²) in [7, 11) is 1.65. The van der Waals surface area contributed by atoms with Gasteiger partial charge in [0.2, 0.25) is 5.82 Å². The van der Waals surface area contributed by atoms with Gasteiger partial charge in [0.05, 0.1) is 12.1 Å². The van der Waals surface area contributed by atoms with Gasteiger partial charge >= 0.3 is 0 Å². The molecule has 0 saturated heterocycles. The molecule has 0 aliphatic heterocycles. The molecule has 0 spiro atoms. The molecule has 0 unspecified atom stereocenters. The Morgan fingerprint density at radius 3 is 2.54 bits per heavy atom. The molecule has 9 nitrogen and oxygen atoms in total. The van der Waals surface area contributed by atoms with E-state index in [1.54, 1.807) is 13.3 Å². The number of benzene rings is 1. The van der Waals surface area contributed by atoms with Crippen molar-refractivity contribution in [2.45, 2.75) is 58.5 Å². The molecule has 1 aromatic carbocycles. The number of amides is 1. The second kappa shape index (κ2) is 14.4. The molecule has 1 aliphatic carbocycles. The minimum Gasteiger partial charge on any atom is -0.384 e. The third-order valence-electron chi connectivity index (χ3n) is 6.66. The molecule has 4 N–H and O–H groups in total. The van der Waals surface area contributed by atoms with Crippen LogP contribution in [0.4, 0.5) is 5.82 Å². The van der Waals surface area contributed by atoms with Gasteiger partial charge in [-0.1, -0.05) is 44.4 Å². The van der Waals surface area contributed by atoms with Crippen molar-refractivity contribution in [2.75, 3.05) is 25.6 Å². The fourth-order valence-electron chi connectivity index (χ4n) is 4.72. The molecule has 4 rings (SSSR count). The van der Waals surface area contributed by atoms with Crippen LogP contribution in [0.25, 0.3) is 10.9 Å². The zero-order valence-electron chi connectivity index (χ0n) is 22.9. The van der Waals surface area contributed by atoms with E-state index in [2.05, 4.69) is 25.9 Å². The standard InChI is InChI=1S/C28H37N7O2.2ClH/c1-18-12-13-20-19(15-18)25(35-26(33-20)27(36)31-16-28(2,3)17-37-4)34-22-10-6-5-9-21(22)32-24(29)23-11-7-8-14-30-23;;/h7-8,11-15,21-22H,5-6,9-10,16-17H2,1-4H3,(H2,29,32)(H,31,36)(H,33,34,35);2*1H/t21-,22+;;/m1../s1. The number of rotatable bonds is 9. The average Bonchev–Trinajstić information content (AvgIpc) is 2.89. The number of methoxy groups -OCH3 is 1. The molecular formula is C28H39Cl2N7O2. The fourth-order valence-corrected chi connectivity index (χ4v) is 4.72. The third kappa shape index (κ3) is 8.49. The largest absolute Gasteiger partial charge is 0.384 e. The fraction of sp³-hybridized carbons (Fsp3) is 0.464. The number of carbonyl (C=O) groups is 1. The van der Waals surface area contributed by atoms with E-state index < -0.39 is 0 Å². The van der Waals surface area contributed by atoms with E-state index in [9.17, 15) is 4.79 Å². The lowest BCUT2D eigenvalue weighted by Gasteiger charge is -2.34. The number of carbonyl (C=O) groups excluding carboxylic acids is 1. The molecule has 3 aromatic rings. The first-order valence-electron chi connectivity index (χ1n) is 12.8. The van der Waals surface area contributed by atoms with Gasteiger partial charge in [0, 0.05) is 42.7 Å². The first kappa shape index (κ1) is 32.2. The summed E-state index contributed by atoms with van der Waals surface area (Å²) in [6, 6.07) is 11.6. The number of aryl methyl sites for hydroxylation is 1. The van der Waals surface area contributed by atoms with Gasteiger partial charge in [-0.25, -0.2) is 9.97 Å². The minimum absolute atomic E-state index is 0. The summed E-state index contributed by atoms with van der Waals surface area (Å²) in [4.78, 5) is 26.6. The number of hydrogen-bond donors (Lipinski definition) is 4. The number of aromatic nitrogens is 3. The van der Waals surface area contributed by atoms with Gasteiger partial charge in [-0.3, -0.25) is 15.2 Å². The highest BCUT2D eigenvalue weighted by Crippen LogP contribution is 2.27. The predicted molar refractivity (Wildman–Crippen MR) is 161 cm³/mol. The van der Waals surface area contributed by atoms with Crippen LogP contribution in [-0.4, -0.2) is 59.0 Å². The normalized spacial score (nSPS) is 16.9. The monoisotopic (exact) mass is 575 g/mol. The molecule has 11 heteroatoms. The summed E-state index contributed by atoms with van der Waals surface area (Å²) >= 11 is 0. The van der Waals surface area contributed by atoms with Crippen molar-refractivity contribution in [3.05, 3.63) is 59.7 Å². The number of fused-ring (bicyclic) bond motifs is 1. The van der Waals surface area contributed by atoms with Crippen LogP contribution in [0.15, 0.2) is 42.6 Å². The Labute approximate surface area is 242 Å². The predicted octanol–water partition coefficient (Wildman–Crippen LogP) is 4.92. The highest BCUT2D eigenvalue weighted by atomic mass is 35.5. The quantitative estimate of drug-likeness (QED) is 0.211. The summed E-state index contributed by atoms with van der Waals surface area (Å²) in [5, 5.41) is 19.4. The summed E-state index contributed by atoms with van der Waals surface area (Å²) in [5.41, 5.74) is 2.21. The van der Waals surface area contributed by atoms with Gasteiger partial charge in [0.15, 0.2) is 0 Å². The smallest absolute Gasteiger partial charge is 0.289 e. The molecule has 2 atom stereocenters. The van der Waals surface area contributed by atoms with E-state index in [-0.39, 0.29) is 54.0 Å². The molecular weight excluding hydrogens is 537 g/mol. The van der Waals surface area contributed by atoms with Gasteiger partial charge in [-0.2, -0.15) is 0 Å². The number of ether oxygens (including phenoxy) is 1. The van der Waals surface area contributed by atoms with E-state index in [1.165, 1.54) is 0 Å². The van der Waals surface area contributed by atoms with Crippen LogP contribution < -0.4 is 16.0 Å². The van der Waals surface area contributed by atoms with E-state index in [0.29, 0.717) is 36.0 Å². The van der Waals surface area contributed by atoms with E-state index in [1.807, 2.05) is 57.2 Å². The second-order valence-corrected chi connectivity index (χ2v) is 10.6. The highest BCUT2D eigenvalue weighted by molar-refractivity contribution is 5.97. The van der Waals surface area contributed by atoms with Crippen molar-refractivity contribution in [3.8, 4) is 0 Å². The minimum atomic E-state index is -0.315. The van der Waals surface area contributed by atoms with Crippen LogP contribution in [0.3, 0.4) is 0 Å². The first-order valence-corrected chi connectivity index (χ1v) is 12.8. The van der Waals surface area contributed by atoms with E-state index >= 15 is 0 Å². The molecule has 1 saturated carbocycles. The van der Waals surface area contributed by atoms with Crippen molar-refractivity contribution in [1.82, 2.24) is 25.6 Å². The Hall–Kier alpha value is -3.01. The number of anilines is 1. The first-order chi connectivity index (χ1) is 17.8. The highest BCUT2D eigenvalue weighted by Gasteiger charge is 2.28. The van der Waals surface area contributed by atoms with Crippen LogP contribution in [-0.2, 0) is 4.74 Å². The van der Waals surface area contributed by atoms with Crippen LogP contribution in [0.1, 0.15) is 61.4 Å². The van der Waals surface area contributed by atoms with Gasteiger partial charge in [-0.05, 0) is 44.0 Å². The SMILES string of the molecule is COCC(C)(C)CNC(=O)c1nc(N[C@H]2CCCC[C@H]2NC(=N)c2ccccn2)c2cc(C)ccc2n1.Cl.Cl. The Kier molecular flexibility index (Phi) is 11.9. The van der Waals surface area contributed by atoms with Gasteiger partial charge in [0.25, 0.3) is 5.91 Å². The molecule has 0 radical (unpaired) electrons. The van der Waals surface area contributed by atoms with Crippen LogP contribution >= 0.6 is 24.8 Å².